The lowest BCUT2D eigenvalue weighted by Gasteiger charge is -2.23. The van der Waals surface area contributed by atoms with Crippen molar-refractivity contribution in [3.63, 3.8) is 0 Å². The molecule has 1 amide bonds. The third-order valence-electron chi connectivity index (χ3n) is 3.37. The SMILES string of the molecule is CNC(=O)c1cc(S(=O)(=O)N[C@H]2CCCNC2)cn1C.Cl. The highest BCUT2D eigenvalue weighted by atomic mass is 35.5. The van der Waals surface area contributed by atoms with Crippen LogP contribution >= 0.6 is 12.4 Å². The Morgan fingerprint density at radius 3 is 2.76 bits per heavy atom. The fourth-order valence-electron chi connectivity index (χ4n) is 2.27. The van der Waals surface area contributed by atoms with E-state index >= 15 is 0 Å². The van der Waals surface area contributed by atoms with Crippen LogP contribution in [0.3, 0.4) is 0 Å². The monoisotopic (exact) mass is 336 g/mol. The van der Waals surface area contributed by atoms with Gasteiger partial charge in [-0.2, -0.15) is 0 Å². The third-order valence-corrected chi connectivity index (χ3v) is 4.86. The van der Waals surface area contributed by atoms with E-state index in [9.17, 15) is 13.2 Å². The lowest BCUT2D eigenvalue weighted by Crippen LogP contribution is -2.45. The lowest BCUT2D eigenvalue weighted by molar-refractivity contribution is 0.0955. The molecule has 0 spiro atoms. The minimum atomic E-state index is -3.59. The molecule has 7 nitrogen and oxygen atoms in total. The van der Waals surface area contributed by atoms with E-state index in [1.807, 2.05) is 0 Å². The number of hydrogen-bond donors (Lipinski definition) is 3. The van der Waals surface area contributed by atoms with Gasteiger partial charge in [0.1, 0.15) is 10.6 Å². The molecule has 9 heteroatoms. The Bertz CT molecular complexity index is 594. The van der Waals surface area contributed by atoms with Crippen molar-refractivity contribution in [2.24, 2.45) is 7.05 Å². The third kappa shape index (κ3) is 4.19. The second-order valence-corrected chi connectivity index (χ2v) is 6.63. The number of carbonyl (C=O) groups is 1. The lowest BCUT2D eigenvalue weighted by atomic mass is 10.1. The molecule has 0 aromatic carbocycles. The number of halogens is 1. The first-order chi connectivity index (χ1) is 9.44. The molecule has 0 unspecified atom stereocenters. The number of nitrogens with zero attached hydrogens (tertiary/aromatic N) is 1. The van der Waals surface area contributed by atoms with Crippen LogP contribution in [-0.2, 0) is 17.1 Å². The van der Waals surface area contributed by atoms with Crippen LogP contribution in [0.5, 0.6) is 0 Å². The van der Waals surface area contributed by atoms with E-state index in [1.54, 1.807) is 7.05 Å². The number of nitrogens with one attached hydrogen (secondary N) is 3. The van der Waals surface area contributed by atoms with Crippen LogP contribution in [0.15, 0.2) is 17.2 Å². The van der Waals surface area contributed by atoms with Gasteiger partial charge < -0.3 is 15.2 Å². The standard InChI is InChI=1S/C12H20N4O3S.ClH/c1-13-12(17)11-6-10(8-16(11)2)20(18,19)15-9-4-3-5-14-7-9;/h6,8-9,14-15H,3-5,7H2,1-2H3,(H,13,17);1H/t9-;/m0./s1. The Kier molecular flexibility index (Phi) is 6.21. The number of hydrogen-bond acceptors (Lipinski definition) is 4. The molecule has 1 aliphatic rings. The minimum absolute atomic E-state index is 0. The molecule has 120 valence electrons. The van der Waals surface area contributed by atoms with E-state index in [-0.39, 0.29) is 29.3 Å². The van der Waals surface area contributed by atoms with Crippen LogP contribution in [-0.4, -0.2) is 45.1 Å². The first-order valence-electron chi connectivity index (χ1n) is 6.55. The van der Waals surface area contributed by atoms with Crippen molar-refractivity contribution in [2.75, 3.05) is 20.1 Å². The molecule has 0 bridgehead atoms. The van der Waals surface area contributed by atoms with Crippen molar-refractivity contribution in [3.05, 3.63) is 18.0 Å². The van der Waals surface area contributed by atoms with Gasteiger partial charge in [0.25, 0.3) is 5.91 Å². The van der Waals surface area contributed by atoms with Crippen LogP contribution in [0.4, 0.5) is 0 Å². The molecule has 1 aromatic heterocycles. The predicted octanol–water partition coefficient (Wildman–Crippen LogP) is -0.163. The zero-order chi connectivity index (χ0) is 14.8. The summed E-state index contributed by atoms with van der Waals surface area (Å²) in [6.45, 7) is 1.55. The highest BCUT2D eigenvalue weighted by molar-refractivity contribution is 7.89. The van der Waals surface area contributed by atoms with Gasteiger partial charge in [0.15, 0.2) is 0 Å². The Balaban J connectivity index is 0.00000220. The summed E-state index contributed by atoms with van der Waals surface area (Å²) >= 11 is 0. The molecular formula is C12H21ClN4O3S. The molecular weight excluding hydrogens is 316 g/mol. The van der Waals surface area contributed by atoms with E-state index in [1.165, 1.54) is 23.9 Å². The van der Waals surface area contributed by atoms with Crippen LogP contribution in [0.25, 0.3) is 0 Å². The zero-order valence-corrected chi connectivity index (χ0v) is 13.7. The molecule has 21 heavy (non-hydrogen) atoms. The Morgan fingerprint density at radius 1 is 1.48 bits per heavy atom. The van der Waals surface area contributed by atoms with Crippen molar-refractivity contribution < 1.29 is 13.2 Å². The number of sulfonamides is 1. The summed E-state index contributed by atoms with van der Waals surface area (Å²) in [5, 5.41) is 5.64. The number of aryl methyl sites for hydroxylation is 1. The minimum Gasteiger partial charge on any atom is -0.354 e. The van der Waals surface area contributed by atoms with E-state index in [0.717, 1.165) is 19.4 Å². The van der Waals surface area contributed by atoms with Gasteiger partial charge in [-0.05, 0) is 25.5 Å². The maximum absolute atomic E-state index is 12.3. The topological polar surface area (TPSA) is 92.2 Å². The number of rotatable bonds is 4. The summed E-state index contributed by atoms with van der Waals surface area (Å²) in [4.78, 5) is 11.7. The predicted molar refractivity (Wildman–Crippen MR) is 82.3 cm³/mol. The molecule has 0 saturated carbocycles. The maximum Gasteiger partial charge on any atom is 0.267 e. The van der Waals surface area contributed by atoms with Gasteiger partial charge in [0, 0.05) is 32.9 Å². The second-order valence-electron chi connectivity index (χ2n) is 4.92. The molecule has 0 radical (unpaired) electrons. The van der Waals surface area contributed by atoms with Crippen LogP contribution in [0.1, 0.15) is 23.3 Å². The fraction of sp³-hybridized carbons (Fsp3) is 0.583. The van der Waals surface area contributed by atoms with E-state index in [2.05, 4.69) is 15.4 Å². The van der Waals surface area contributed by atoms with Gasteiger partial charge >= 0.3 is 0 Å². The fourth-order valence-corrected chi connectivity index (χ4v) is 3.61. The zero-order valence-electron chi connectivity index (χ0n) is 12.0. The van der Waals surface area contributed by atoms with Gasteiger partial charge in [-0.1, -0.05) is 0 Å². The summed E-state index contributed by atoms with van der Waals surface area (Å²) in [6, 6.07) is 1.29. The summed E-state index contributed by atoms with van der Waals surface area (Å²) in [6.07, 6.45) is 3.22. The highest BCUT2D eigenvalue weighted by Gasteiger charge is 2.24. The first-order valence-corrected chi connectivity index (χ1v) is 8.04. The molecule has 1 aromatic rings. The van der Waals surface area contributed by atoms with Crippen molar-refractivity contribution in [2.45, 2.75) is 23.8 Å². The Hall–Kier alpha value is -1.09. The van der Waals surface area contributed by atoms with Gasteiger partial charge in [-0.3, -0.25) is 4.79 Å². The highest BCUT2D eigenvalue weighted by Crippen LogP contribution is 2.15. The molecule has 1 saturated heterocycles. The summed E-state index contributed by atoms with van der Waals surface area (Å²) in [5.41, 5.74) is 0.314. The summed E-state index contributed by atoms with van der Waals surface area (Å²) in [5.74, 6) is -0.312. The van der Waals surface area contributed by atoms with Gasteiger partial charge in [-0.15, -0.1) is 12.4 Å². The van der Waals surface area contributed by atoms with Crippen molar-refractivity contribution >= 4 is 28.3 Å². The van der Waals surface area contributed by atoms with Crippen LogP contribution in [0.2, 0.25) is 0 Å². The molecule has 2 heterocycles. The molecule has 1 aliphatic heterocycles. The van der Waals surface area contributed by atoms with Gasteiger partial charge in [0.05, 0.1) is 0 Å². The largest absolute Gasteiger partial charge is 0.354 e. The molecule has 2 rings (SSSR count). The Morgan fingerprint density at radius 2 is 2.19 bits per heavy atom. The number of amides is 1. The summed E-state index contributed by atoms with van der Waals surface area (Å²) < 4.78 is 28.8. The smallest absolute Gasteiger partial charge is 0.267 e. The van der Waals surface area contributed by atoms with E-state index in [0.29, 0.717) is 12.2 Å². The molecule has 1 atom stereocenters. The number of carbonyl (C=O) groups excluding carboxylic acids is 1. The molecule has 0 aliphatic carbocycles. The number of aromatic nitrogens is 1. The van der Waals surface area contributed by atoms with Crippen molar-refractivity contribution in [3.8, 4) is 0 Å². The summed E-state index contributed by atoms with van der Waals surface area (Å²) in [7, 11) is -0.440. The van der Waals surface area contributed by atoms with Gasteiger partial charge in [0.2, 0.25) is 10.0 Å². The quantitative estimate of drug-likeness (QED) is 0.712. The Labute approximate surface area is 130 Å². The second kappa shape index (κ2) is 7.26. The normalized spacial score (nSPS) is 18.9. The average Bonchev–Trinajstić information content (AvgIpc) is 2.81. The van der Waals surface area contributed by atoms with Crippen LogP contribution in [0, 0.1) is 0 Å². The van der Waals surface area contributed by atoms with Gasteiger partial charge in [-0.25, -0.2) is 13.1 Å². The van der Waals surface area contributed by atoms with E-state index in [4.69, 9.17) is 0 Å². The van der Waals surface area contributed by atoms with E-state index < -0.39 is 10.0 Å². The van der Waals surface area contributed by atoms with Crippen molar-refractivity contribution in [1.82, 2.24) is 19.9 Å². The van der Waals surface area contributed by atoms with Crippen molar-refractivity contribution in [1.29, 1.82) is 0 Å². The average molecular weight is 337 g/mol. The maximum atomic E-state index is 12.3. The molecule has 3 N–H and O–H groups in total. The van der Waals surface area contributed by atoms with Crippen LogP contribution < -0.4 is 15.4 Å². The molecule has 1 fully saturated rings. The first kappa shape index (κ1) is 18.0. The number of piperidine rings is 1.